The third-order valence-electron chi connectivity index (χ3n) is 4.72. The summed E-state index contributed by atoms with van der Waals surface area (Å²) >= 11 is 0. The van der Waals surface area contributed by atoms with Crippen LogP contribution in [0.4, 0.5) is 5.69 Å². The minimum absolute atomic E-state index is 0.0278. The molecule has 1 aliphatic heterocycles. The maximum Gasteiger partial charge on any atom is 0.269 e. The highest BCUT2D eigenvalue weighted by atomic mass is 32.2. The summed E-state index contributed by atoms with van der Waals surface area (Å²) in [6.07, 6.45) is 1.57. The minimum Gasteiger partial charge on any atom is -0.348 e. The fourth-order valence-corrected chi connectivity index (χ4v) is 5.86. The standard InChI is InChI=1S/C17H23N3O5S/c1-6-15(21)18-14-11-16(2,3)20(17(14,4)5)26(24,25)13-9-7-12(8-10-13)19(22)23/h6-10,14H,1,11H2,2-5H3,(H,18,21). The molecule has 9 heteroatoms. The number of amides is 1. The number of nitrogens with zero attached hydrogens (tertiary/aromatic N) is 2. The molecular weight excluding hydrogens is 358 g/mol. The molecule has 2 rings (SSSR count). The van der Waals surface area contributed by atoms with Gasteiger partial charge in [-0.2, -0.15) is 4.31 Å². The smallest absolute Gasteiger partial charge is 0.269 e. The van der Waals surface area contributed by atoms with E-state index in [9.17, 15) is 23.3 Å². The molecule has 1 saturated heterocycles. The van der Waals surface area contributed by atoms with E-state index in [1.165, 1.54) is 28.6 Å². The molecule has 0 radical (unpaired) electrons. The number of hydrogen-bond donors (Lipinski definition) is 1. The summed E-state index contributed by atoms with van der Waals surface area (Å²) in [5, 5.41) is 13.6. The second-order valence-electron chi connectivity index (χ2n) is 7.46. The van der Waals surface area contributed by atoms with Gasteiger partial charge in [0.25, 0.3) is 5.69 Å². The lowest BCUT2D eigenvalue weighted by molar-refractivity contribution is -0.384. The van der Waals surface area contributed by atoms with Gasteiger partial charge >= 0.3 is 0 Å². The molecule has 0 aromatic heterocycles. The molecule has 26 heavy (non-hydrogen) atoms. The number of benzene rings is 1. The minimum atomic E-state index is -3.94. The summed E-state index contributed by atoms with van der Waals surface area (Å²) < 4.78 is 27.9. The second kappa shape index (κ2) is 6.48. The van der Waals surface area contributed by atoms with Crippen LogP contribution in [0.1, 0.15) is 34.1 Å². The highest BCUT2D eigenvalue weighted by Gasteiger charge is 2.57. The predicted molar refractivity (Wildman–Crippen MR) is 97.0 cm³/mol. The number of nitro benzene ring substituents is 1. The van der Waals surface area contributed by atoms with E-state index in [2.05, 4.69) is 11.9 Å². The maximum absolute atomic E-state index is 13.3. The summed E-state index contributed by atoms with van der Waals surface area (Å²) in [6.45, 7) is 10.5. The van der Waals surface area contributed by atoms with E-state index in [1.807, 2.05) is 0 Å². The van der Waals surface area contributed by atoms with Gasteiger partial charge in [-0.05, 0) is 52.3 Å². The Morgan fingerprint density at radius 2 is 1.85 bits per heavy atom. The average Bonchev–Trinajstić information content (AvgIpc) is 2.71. The fraction of sp³-hybridized carbons (Fsp3) is 0.471. The van der Waals surface area contributed by atoms with Gasteiger partial charge in [0, 0.05) is 23.7 Å². The van der Waals surface area contributed by atoms with Gasteiger partial charge in [-0.25, -0.2) is 8.42 Å². The highest BCUT2D eigenvalue weighted by molar-refractivity contribution is 7.89. The van der Waals surface area contributed by atoms with E-state index in [4.69, 9.17) is 0 Å². The number of hydrogen-bond acceptors (Lipinski definition) is 5. The molecule has 1 aliphatic rings. The van der Waals surface area contributed by atoms with E-state index in [0.29, 0.717) is 6.42 Å². The van der Waals surface area contributed by atoms with Crippen molar-refractivity contribution in [3.8, 4) is 0 Å². The summed E-state index contributed by atoms with van der Waals surface area (Å²) in [4.78, 5) is 21.9. The zero-order valence-electron chi connectivity index (χ0n) is 15.2. The molecule has 1 aromatic carbocycles. The molecule has 1 unspecified atom stereocenters. The van der Waals surface area contributed by atoms with Crippen LogP contribution in [0.15, 0.2) is 41.8 Å². The van der Waals surface area contributed by atoms with Crippen LogP contribution < -0.4 is 5.32 Å². The fourth-order valence-electron chi connectivity index (χ4n) is 3.69. The molecule has 1 fully saturated rings. The lowest BCUT2D eigenvalue weighted by Gasteiger charge is -2.40. The molecule has 1 heterocycles. The van der Waals surface area contributed by atoms with Crippen molar-refractivity contribution in [1.82, 2.24) is 9.62 Å². The SMILES string of the molecule is C=CC(=O)NC1CC(C)(C)N(S(=O)(=O)c2ccc([N+](=O)[O-])cc2)C1(C)C. The number of non-ortho nitro benzene ring substituents is 1. The highest BCUT2D eigenvalue weighted by Crippen LogP contribution is 2.44. The lowest BCUT2D eigenvalue weighted by atomic mass is 9.94. The molecule has 1 N–H and O–H groups in total. The molecule has 1 amide bonds. The Balaban J connectivity index is 2.47. The quantitative estimate of drug-likeness (QED) is 0.478. The normalized spacial score (nSPS) is 21.9. The Hall–Kier alpha value is -2.26. The number of nitrogens with one attached hydrogen (secondary N) is 1. The first kappa shape index (κ1) is 20.1. The topological polar surface area (TPSA) is 110 Å². The molecule has 1 aromatic rings. The first-order chi connectivity index (χ1) is 11.8. The van der Waals surface area contributed by atoms with E-state index < -0.39 is 32.1 Å². The first-order valence-electron chi connectivity index (χ1n) is 8.07. The lowest BCUT2D eigenvalue weighted by Crippen LogP contribution is -2.56. The number of carbonyl (C=O) groups is 1. The maximum atomic E-state index is 13.3. The van der Waals surface area contributed by atoms with E-state index in [-0.39, 0.29) is 16.5 Å². The van der Waals surface area contributed by atoms with Crippen molar-refractivity contribution in [2.45, 2.75) is 56.1 Å². The van der Waals surface area contributed by atoms with Crippen molar-refractivity contribution < 1.29 is 18.1 Å². The molecule has 0 spiro atoms. The van der Waals surface area contributed by atoms with Crippen molar-refractivity contribution in [2.75, 3.05) is 0 Å². The predicted octanol–water partition coefficient (Wildman–Crippen LogP) is 2.22. The zero-order chi connectivity index (χ0) is 19.9. The largest absolute Gasteiger partial charge is 0.348 e. The third kappa shape index (κ3) is 3.36. The molecule has 0 aliphatic carbocycles. The van der Waals surface area contributed by atoms with Gasteiger partial charge in [0.2, 0.25) is 15.9 Å². The van der Waals surface area contributed by atoms with Crippen LogP contribution in [0.3, 0.4) is 0 Å². The van der Waals surface area contributed by atoms with Crippen molar-refractivity contribution in [3.63, 3.8) is 0 Å². The van der Waals surface area contributed by atoms with Crippen molar-refractivity contribution in [3.05, 3.63) is 47.0 Å². The van der Waals surface area contributed by atoms with Crippen LogP contribution in [0.2, 0.25) is 0 Å². The molecule has 142 valence electrons. The van der Waals surface area contributed by atoms with E-state index in [0.717, 1.165) is 6.08 Å². The first-order valence-corrected chi connectivity index (χ1v) is 9.51. The summed E-state index contributed by atoms with van der Waals surface area (Å²) in [7, 11) is -3.94. The number of nitro groups is 1. The Morgan fingerprint density at radius 1 is 1.31 bits per heavy atom. The van der Waals surface area contributed by atoms with Crippen LogP contribution in [-0.2, 0) is 14.8 Å². The van der Waals surface area contributed by atoms with Crippen LogP contribution >= 0.6 is 0 Å². The Morgan fingerprint density at radius 3 is 2.31 bits per heavy atom. The van der Waals surface area contributed by atoms with E-state index in [1.54, 1.807) is 27.7 Å². The monoisotopic (exact) mass is 381 g/mol. The number of carbonyl (C=O) groups excluding carboxylic acids is 1. The van der Waals surface area contributed by atoms with Crippen molar-refractivity contribution in [1.29, 1.82) is 0 Å². The van der Waals surface area contributed by atoms with Gasteiger partial charge in [0.15, 0.2) is 0 Å². The molecule has 8 nitrogen and oxygen atoms in total. The Kier molecular flexibility index (Phi) is 5.00. The van der Waals surface area contributed by atoms with Crippen molar-refractivity contribution in [2.24, 2.45) is 0 Å². The van der Waals surface area contributed by atoms with Gasteiger partial charge < -0.3 is 5.32 Å². The summed E-state index contributed by atoms with van der Waals surface area (Å²) in [5.74, 6) is -0.367. The van der Waals surface area contributed by atoms with Gasteiger partial charge in [0.1, 0.15) is 0 Å². The number of sulfonamides is 1. The van der Waals surface area contributed by atoms with E-state index >= 15 is 0 Å². The van der Waals surface area contributed by atoms with Crippen LogP contribution in [-0.4, -0.2) is 40.7 Å². The molecule has 0 saturated carbocycles. The van der Waals surface area contributed by atoms with Crippen LogP contribution in [0.25, 0.3) is 0 Å². The van der Waals surface area contributed by atoms with Gasteiger partial charge in [-0.15, -0.1) is 0 Å². The molecule has 0 bridgehead atoms. The van der Waals surface area contributed by atoms with Gasteiger partial charge in [0.05, 0.1) is 15.4 Å². The second-order valence-corrected chi connectivity index (χ2v) is 9.24. The average molecular weight is 381 g/mol. The van der Waals surface area contributed by atoms with Gasteiger partial charge in [-0.3, -0.25) is 14.9 Å². The van der Waals surface area contributed by atoms with Crippen LogP contribution in [0.5, 0.6) is 0 Å². The van der Waals surface area contributed by atoms with Crippen LogP contribution in [0, 0.1) is 10.1 Å². The number of rotatable bonds is 5. The summed E-state index contributed by atoms with van der Waals surface area (Å²) in [6, 6.07) is 4.39. The zero-order valence-corrected chi connectivity index (χ0v) is 16.0. The molecule has 1 atom stereocenters. The third-order valence-corrected chi connectivity index (χ3v) is 7.03. The summed E-state index contributed by atoms with van der Waals surface area (Å²) in [5.41, 5.74) is -1.84. The Bertz CT molecular complexity index is 844. The Labute approximate surface area is 153 Å². The molecular formula is C17H23N3O5S. The van der Waals surface area contributed by atoms with Crippen molar-refractivity contribution >= 4 is 21.6 Å². The van der Waals surface area contributed by atoms with Gasteiger partial charge in [-0.1, -0.05) is 6.58 Å².